The van der Waals surface area contributed by atoms with Gasteiger partial charge in [0.25, 0.3) is 0 Å². The summed E-state index contributed by atoms with van der Waals surface area (Å²) in [5.74, 6) is -1.62. The molecule has 7 heteroatoms. The highest BCUT2D eigenvalue weighted by atomic mass is 16.4. The Bertz CT molecular complexity index is 197. The maximum Gasteiger partial charge on any atom is 0.335 e. The number of carbonyl (C=O) groups excluding carboxylic acids is 1. The molecule has 0 aromatic carbocycles. The lowest BCUT2D eigenvalue weighted by atomic mass is 10.0. The van der Waals surface area contributed by atoms with E-state index in [9.17, 15) is 9.59 Å². The van der Waals surface area contributed by atoms with Crippen molar-refractivity contribution >= 4 is 12.3 Å². The van der Waals surface area contributed by atoms with Crippen LogP contribution in [0.25, 0.3) is 0 Å². The fourth-order valence-electron chi connectivity index (χ4n) is 0.675. The first kappa shape index (κ1) is 12.0. The molecule has 0 unspecified atom stereocenters. The fraction of sp³-hybridized carbons (Fsp3) is 0.667. The molecule has 0 aliphatic carbocycles. The molecule has 0 heterocycles. The van der Waals surface area contributed by atoms with Crippen LogP contribution in [0, 0.1) is 0 Å². The molecule has 0 fully saturated rings. The number of hydrogen-bond donors (Lipinski definition) is 5. The van der Waals surface area contributed by atoms with Crippen molar-refractivity contribution in [2.45, 2.75) is 24.3 Å². The minimum absolute atomic E-state index is 0.266. The summed E-state index contributed by atoms with van der Waals surface area (Å²) in [6.45, 7) is 0. The van der Waals surface area contributed by atoms with Gasteiger partial charge in [-0.1, -0.05) is 0 Å². The van der Waals surface area contributed by atoms with Gasteiger partial charge in [0.2, 0.25) is 0 Å². The van der Waals surface area contributed by atoms with Gasteiger partial charge in [-0.25, -0.2) is 4.79 Å². The molecule has 0 bridgehead atoms. The van der Waals surface area contributed by atoms with Crippen molar-refractivity contribution in [1.29, 1.82) is 0 Å². The zero-order chi connectivity index (χ0) is 10.6. The first-order valence-electron chi connectivity index (χ1n) is 3.47. The number of aliphatic hydroxyl groups excluding tert-OH is 2. The van der Waals surface area contributed by atoms with E-state index in [1.54, 1.807) is 0 Å². The van der Waals surface area contributed by atoms with Gasteiger partial charge in [-0.05, 0) is 0 Å². The van der Waals surface area contributed by atoms with Gasteiger partial charge < -0.3 is 31.6 Å². The quantitative estimate of drug-likeness (QED) is 0.286. The van der Waals surface area contributed by atoms with E-state index in [4.69, 9.17) is 26.8 Å². The molecule has 0 rings (SSSR count). The lowest BCUT2D eigenvalue weighted by molar-refractivity contribution is -0.154. The van der Waals surface area contributed by atoms with E-state index in [1.807, 2.05) is 0 Å². The van der Waals surface area contributed by atoms with Crippen LogP contribution in [0.5, 0.6) is 0 Å². The summed E-state index contributed by atoms with van der Waals surface area (Å²) in [7, 11) is 0. The van der Waals surface area contributed by atoms with Crippen LogP contribution in [-0.2, 0) is 9.59 Å². The second-order valence-corrected chi connectivity index (χ2v) is 2.56. The third-order valence-electron chi connectivity index (χ3n) is 1.57. The van der Waals surface area contributed by atoms with Gasteiger partial charge in [0.15, 0.2) is 6.10 Å². The highest BCUT2D eigenvalue weighted by Crippen LogP contribution is 2.00. The molecule has 13 heavy (non-hydrogen) atoms. The summed E-state index contributed by atoms with van der Waals surface area (Å²) < 4.78 is 0. The van der Waals surface area contributed by atoms with Crippen molar-refractivity contribution in [2.75, 3.05) is 0 Å². The second-order valence-electron chi connectivity index (χ2n) is 2.56. The van der Waals surface area contributed by atoms with E-state index in [-0.39, 0.29) is 6.29 Å². The van der Waals surface area contributed by atoms with E-state index in [0.717, 1.165) is 0 Å². The molecule has 0 saturated carbocycles. The molecule has 0 aliphatic heterocycles. The summed E-state index contributed by atoms with van der Waals surface area (Å²) in [4.78, 5) is 20.3. The smallest absolute Gasteiger partial charge is 0.335 e. The molecule has 4 atom stereocenters. The second kappa shape index (κ2) is 4.87. The number of carbonyl (C=O) groups is 2. The van der Waals surface area contributed by atoms with Crippen LogP contribution in [0.3, 0.4) is 0 Å². The first-order chi connectivity index (χ1) is 5.91. The minimum Gasteiger partial charge on any atom is -0.479 e. The molecule has 0 saturated heterocycles. The van der Waals surface area contributed by atoms with Crippen molar-refractivity contribution in [2.24, 2.45) is 11.5 Å². The number of carboxylic acid groups (broad SMARTS) is 1. The third-order valence-corrected chi connectivity index (χ3v) is 1.57. The van der Waals surface area contributed by atoms with Crippen LogP contribution >= 0.6 is 0 Å². The predicted octanol–water partition coefficient (Wildman–Crippen LogP) is -3.35. The van der Waals surface area contributed by atoms with Gasteiger partial charge in [-0.3, -0.25) is 0 Å². The summed E-state index contributed by atoms with van der Waals surface area (Å²) >= 11 is 0. The molecule has 7 nitrogen and oxygen atoms in total. The van der Waals surface area contributed by atoms with Crippen LogP contribution in [0.4, 0.5) is 0 Å². The maximum atomic E-state index is 10.2. The molecule has 0 aromatic rings. The molecule has 0 aliphatic rings. The highest BCUT2D eigenvalue weighted by molar-refractivity contribution is 5.73. The topological polar surface area (TPSA) is 147 Å². The number of rotatable bonds is 5. The molecular weight excluding hydrogens is 180 g/mol. The molecule has 0 spiro atoms. The Morgan fingerprint density at radius 2 is 1.77 bits per heavy atom. The number of hydrogen-bond acceptors (Lipinski definition) is 6. The third kappa shape index (κ3) is 3.07. The summed E-state index contributed by atoms with van der Waals surface area (Å²) in [5.41, 5.74) is 10.3. The van der Waals surface area contributed by atoms with E-state index in [0.29, 0.717) is 0 Å². The highest BCUT2D eigenvalue weighted by Gasteiger charge is 2.32. The van der Waals surface area contributed by atoms with Crippen LogP contribution in [0.1, 0.15) is 0 Å². The average molecular weight is 192 g/mol. The van der Waals surface area contributed by atoms with Gasteiger partial charge in [-0.2, -0.15) is 0 Å². The summed E-state index contributed by atoms with van der Waals surface area (Å²) in [6.07, 6.45) is -3.54. The molecule has 7 N–H and O–H groups in total. The maximum absolute atomic E-state index is 10.2. The SMILES string of the molecule is N[C@@H]([C@H](O)[C@H](O)C(=O)O)[C@H](N)C=O. The molecular formula is C6H12N2O5. The van der Waals surface area contributed by atoms with Crippen molar-refractivity contribution in [3.8, 4) is 0 Å². The van der Waals surface area contributed by atoms with Crippen LogP contribution in [0.2, 0.25) is 0 Å². The number of nitrogens with two attached hydrogens (primary N) is 2. The minimum atomic E-state index is -2.04. The number of carboxylic acids is 1. The Hall–Kier alpha value is -1.02. The van der Waals surface area contributed by atoms with Crippen molar-refractivity contribution < 1.29 is 24.9 Å². The van der Waals surface area contributed by atoms with Gasteiger partial charge in [0, 0.05) is 0 Å². The average Bonchev–Trinajstić information content (AvgIpc) is 2.12. The molecule has 0 aromatic heterocycles. The summed E-state index contributed by atoms with van der Waals surface area (Å²) in [5, 5.41) is 26.1. The van der Waals surface area contributed by atoms with Crippen molar-refractivity contribution in [3.05, 3.63) is 0 Å². The zero-order valence-electron chi connectivity index (χ0n) is 6.70. The Kier molecular flexibility index (Phi) is 4.49. The molecule has 76 valence electrons. The zero-order valence-corrected chi connectivity index (χ0v) is 6.70. The first-order valence-corrected chi connectivity index (χ1v) is 3.47. The van der Waals surface area contributed by atoms with Gasteiger partial charge >= 0.3 is 5.97 Å². The van der Waals surface area contributed by atoms with Gasteiger partial charge in [-0.15, -0.1) is 0 Å². The number of aldehydes is 1. The van der Waals surface area contributed by atoms with Crippen molar-refractivity contribution in [3.63, 3.8) is 0 Å². The molecule has 0 amide bonds. The van der Waals surface area contributed by atoms with E-state index in [2.05, 4.69) is 0 Å². The predicted molar refractivity (Wildman–Crippen MR) is 41.7 cm³/mol. The largest absolute Gasteiger partial charge is 0.479 e. The van der Waals surface area contributed by atoms with E-state index >= 15 is 0 Å². The number of aliphatic hydroxyl groups is 2. The lowest BCUT2D eigenvalue weighted by Crippen LogP contribution is -2.55. The Morgan fingerprint density at radius 3 is 2.08 bits per heavy atom. The summed E-state index contributed by atoms with van der Waals surface area (Å²) in [6, 6.07) is -2.51. The van der Waals surface area contributed by atoms with Crippen LogP contribution in [0.15, 0.2) is 0 Å². The van der Waals surface area contributed by atoms with Gasteiger partial charge in [0.1, 0.15) is 12.4 Å². The Morgan fingerprint density at radius 1 is 1.31 bits per heavy atom. The standard InChI is InChI=1S/C6H12N2O5/c7-2(1-9)3(8)4(10)5(11)6(12)13/h1-5,10-11H,7-8H2,(H,12,13)/t2-,3-,4+,5+/m1/s1. The fourth-order valence-corrected chi connectivity index (χ4v) is 0.675. The van der Waals surface area contributed by atoms with E-state index < -0.39 is 30.3 Å². The van der Waals surface area contributed by atoms with Crippen molar-refractivity contribution in [1.82, 2.24) is 0 Å². The molecule has 0 radical (unpaired) electrons. The Balaban J connectivity index is 4.32. The normalized spacial score (nSPS) is 20.0. The number of aliphatic carboxylic acids is 1. The lowest BCUT2D eigenvalue weighted by Gasteiger charge is -2.22. The van der Waals surface area contributed by atoms with E-state index in [1.165, 1.54) is 0 Å². The van der Waals surface area contributed by atoms with Gasteiger partial charge in [0.05, 0.1) is 12.1 Å². The van der Waals surface area contributed by atoms with Crippen LogP contribution < -0.4 is 11.5 Å². The Labute approximate surface area is 73.9 Å². The van der Waals surface area contributed by atoms with Crippen LogP contribution in [-0.4, -0.2) is 51.9 Å². The monoisotopic (exact) mass is 192 g/mol.